The summed E-state index contributed by atoms with van der Waals surface area (Å²) in [5, 5.41) is 0.855. The number of thioether (sulfide) groups is 1. The largest absolute Gasteiger partial charge is 0.493 e. The smallest absolute Gasteiger partial charge is 0.348 e. The van der Waals surface area contributed by atoms with Gasteiger partial charge in [0.1, 0.15) is 15.5 Å². The van der Waals surface area contributed by atoms with E-state index in [0.717, 1.165) is 16.9 Å². The van der Waals surface area contributed by atoms with Crippen molar-refractivity contribution >= 4 is 39.3 Å². The molecule has 2 aromatic heterocycles. The fourth-order valence-electron chi connectivity index (χ4n) is 3.93. The molecule has 0 bridgehead atoms. The Labute approximate surface area is 222 Å². The summed E-state index contributed by atoms with van der Waals surface area (Å²) in [6, 6.07) is 12.1. The molecular weight excluding hydrogens is 515 g/mol. The third kappa shape index (κ3) is 5.65. The molecule has 2 heterocycles. The first-order valence-electron chi connectivity index (χ1n) is 11.7. The van der Waals surface area contributed by atoms with Crippen molar-refractivity contribution < 1.29 is 23.4 Å². The normalized spacial score (nSPS) is 11.1. The predicted molar refractivity (Wildman–Crippen MR) is 144 cm³/mol. The molecule has 0 aliphatic carbocycles. The fourth-order valence-corrected chi connectivity index (χ4v) is 6.06. The number of rotatable bonds is 10. The second-order valence-corrected chi connectivity index (χ2v) is 10.1. The lowest BCUT2D eigenvalue weighted by Gasteiger charge is -2.14. The number of esters is 1. The maximum atomic E-state index is 14.3. The van der Waals surface area contributed by atoms with Crippen LogP contribution in [0.2, 0.25) is 0 Å². The first-order valence-corrected chi connectivity index (χ1v) is 13.5. The van der Waals surface area contributed by atoms with Gasteiger partial charge in [0.05, 0.1) is 26.2 Å². The summed E-state index contributed by atoms with van der Waals surface area (Å²) in [4.78, 5) is 31.8. The minimum atomic E-state index is -0.472. The molecule has 37 heavy (non-hydrogen) atoms. The third-order valence-corrected chi connectivity index (χ3v) is 8.05. The Balaban J connectivity index is 1.74. The molecule has 0 unspecified atom stereocenters. The summed E-state index contributed by atoms with van der Waals surface area (Å²) in [6.07, 6.45) is 0.522. The van der Waals surface area contributed by atoms with E-state index < -0.39 is 5.97 Å². The van der Waals surface area contributed by atoms with Gasteiger partial charge in [0.25, 0.3) is 5.56 Å². The van der Waals surface area contributed by atoms with Crippen LogP contribution >= 0.6 is 23.1 Å². The van der Waals surface area contributed by atoms with Crippen molar-refractivity contribution in [2.24, 2.45) is 0 Å². The standard InChI is InChI=1S/C27H27FN2O5S2/c1-5-35-26(32)23-16(2)22-24(37-23)29-27(36-15-18-8-6-7-9-19(18)28)30(25(22)31)13-12-17-10-11-20(33-3)21(14-17)34-4/h6-11,14H,5,12-13,15H2,1-4H3. The van der Waals surface area contributed by atoms with E-state index in [0.29, 0.717) is 61.6 Å². The monoisotopic (exact) mass is 542 g/mol. The molecule has 0 aliphatic heterocycles. The summed E-state index contributed by atoms with van der Waals surface area (Å²) >= 11 is 2.42. The third-order valence-electron chi connectivity index (χ3n) is 5.86. The quantitative estimate of drug-likeness (QED) is 0.146. The van der Waals surface area contributed by atoms with Crippen molar-refractivity contribution in [3.63, 3.8) is 0 Å². The second kappa shape index (κ2) is 11.8. The highest BCUT2D eigenvalue weighted by Gasteiger charge is 2.23. The van der Waals surface area contributed by atoms with Crippen LogP contribution in [-0.4, -0.2) is 36.3 Å². The van der Waals surface area contributed by atoms with Gasteiger partial charge in [0.15, 0.2) is 16.7 Å². The van der Waals surface area contributed by atoms with E-state index in [9.17, 15) is 14.0 Å². The van der Waals surface area contributed by atoms with Crippen LogP contribution in [0, 0.1) is 12.7 Å². The first kappa shape index (κ1) is 26.7. The topological polar surface area (TPSA) is 79.7 Å². The van der Waals surface area contributed by atoms with E-state index in [2.05, 4.69) is 0 Å². The Morgan fingerprint density at radius 2 is 1.89 bits per heavy atom. The first-order chi connectivity index (χ1) is 17.9. The number of hydrogen-bond acceptors (Lipinski definition) is 8. The number of benzene rings is 2. The minimum absolute atomic E-state index is 0.235. The number of thiophene rings is 1. The molecule has 0 saturated heterocycles. The molecule has 4 rings (SSSR count). The summed E-state index contributed by atoms with van der Waals surface area (Å²) in [5.41, 5.74) is 1.78. The van der Waals surface area contributed by atoms with Gasteiger partial charge in [-0.2, -0.15) is 0 Å². The van der Waals surface area contributed by atoms with Crippen LogP contribution in [0.1, 0.15) is 33.3 Å². The van der Waals surface area contributed by atoms with Crippen LogP contribution in [-0.2, 0) is 23.5 Å². The van der Waals surface area contributed by atoms with Crippen molar-refractivity contribution in [3.05, 3.63) is 80.2 Å². The Bertz CT molecular complexity index is 1500. The molecule has 0 fully saturated rings. The van der Waals surface area contributed by atoms with Gasteiger partial charge in [-0.1, -0.05) is 36.0 Å². The van der Waals surface area contributed by atoms with E-state index in [1.165, 1.54) is 17.8 Å². The van der Waals surface area contributed by atoms with Crippen molar-refractivity contribution in [1.29, 1.82) is 0 Å². The van der Waals surface area contributed by atoms with E-state index >= 15 is 0 Å². The molecule has 0 atom stereocenters. The molecule has 0 N–H and O–H groups in total. The highest BCUT2D eigenvalue weighted by Crippen LogP contribution is 2.32. The lowest BCUT2D eigenvalue weighted by molar-refractivity contribution is 0.0531. The highest BCUT2D eigenvalue weighted by atomic mass is 32.2. The number of fused-ring (bicyclic) bond motifs is 1. The number of methoxy groups -OCH3 is 2. The Hall–Kier alpha value is -3.37. The van der Waals surface area contributed by atoms with Gasteiger partial charge >= 0.3 is 5.97 Å². The predicted octanol–water partition coefficient (Wildman–Crippen LogP) is 5.63. The maximum absolute atomic E-state index is 14.3. The van der Waals surface area contributed by atoms with E-state index in [1.54, 1.807) is 50.8 Å². The molecular formula is C27H27FN2O5S2. The molecule has 194 valence electrons. The van der Waals surface area contributed by atoms with Gasteiger partial charge in [-0.15, -0.1) is 11.3 Å². The molecule has 0 aliphatic rings. The molecule has 0 saturated carbocycles. The lowest BCUT2D eigenvalue weighted by atomic mass is 10.1. The van der Waals surface area contributed by atoms with Gasteiger partial charge in [0.2, 0.25) is 0 Å². The highest BCUT2D eigenvalue weighted by molar-refractivity contribution is 7.98. The van der Waals surface area contributed by atoms with Gasteiger partial charge in [-0.25, -0.2) is 14.2 Å². The number of aromatic nitrogens is 2. The van der Waals surface area contributed by atoms with E-state index in [-0.39, 0.29) is 18.0 Å². The van der Waals surface area contributed by atoms with E-state index in [1.807, 2.05) is 18.2 Å². The number of hydrogen-bond donors (Lipinski definition) is 0. The summed E-state index contributed by atoms with van der Waals surface area (Å²) in [6.45, 7) is 4.04. The van der Waals surface area contributed by atoms with Crippen LogP contribution in [0.4, 0.5) is 4.39 Å². The Morgan fingerprint density at radius 1 is 1.14 bits per heavy atom. The number of nitrogens with zero attached hydrogens (tertiary/aromatic N) is 2. The van der Waals surface area contributed by atoms with Crippen molar-refractivity contribution in [3.8, 4) is 11.5 Å². The second-order valence-electron chi connectivity index (χ2n) is 8.13. The number of ether oxygens (including phenoxy) is 3. The SMILES string of the molecule is CCOC(=O)c1sc2nc(SCc3ccccc3F)n(CCc3ccc(OC)c(OC)c3)c(=O)c2c1C. The maximum Gasteiger partial charge on any atom is 0.348 e. The van der Waals surface area contributed by atoms with Gasteiger partial charge < -0.3 is 14.2 Å². The van der Waals surface area contributed by atoms with Gasteiger partial charge in [0, 0.05) is 12.3 Å². The van der Waals surface area contributed by atoms with Crippen molar-refractivity contribution in [2.75, 3.05) is 20.8 Å². The summed E-state index contributed by atoms with van der Waals surface area (Å²) < 4.78 is 31.8. The number of halogens is 1. The van der Waals surface area contributed by atoms with Crippen LogP contribution in [0.25, 0.3) is 10.2 Å². The average Bonchev–Trinajstić information content (AvgIpc) is 3.24. The molecule has 4 aromatic rings. The van der Waals surface area contributed by atoms with Crippen molar-refractivity contribution in [1.82, 2.24) is 9.55 Å². The Morgan fingerprint density at radius 3 is 2.59 bits per heavy atom. The van der Waals surface area contributed by atoms with Crippen molar-refractivity contribution in [2.45, 2.75) is 37.7 Å². The molecule has 0 spiro atoms. The van der Waals surface area contributed by atoms with Gasteiger partial charge in [-0.05, 0) is 55.2 Å². The molecule has 0 amide bonds. The lowest BCUT2D eigenvalue weighted by Crippen LogP contribution is -2.24. The fraction of sp³-hybridized carbons (Fsp3) is 0.296. The average molecular weight is 543 g/mol. The zero-order valence-corrected chi connectivity index (χ0v) is 22.6. The number of carbonyl (C=O) groups is 1. The minimum Gasteiger partial charge on any atom is -0.493 e. The number of carbonyl (C=O) groups excluding carboxylic acids is 1. The molecule has 7 nitrogen and oxygen atoms in total. The van der Waals surface area contributed by atoms with E-state index in [4.69, 9.17) is 19.2 Å². The summed E-state index contributed by atoms with van der Waals surface area (Å²) in [7, 11) is 3.15. The van der Waals surface area contributed by atoms with Crippen LogP contribution < -0.4 is 15.0 Å². The number of aryl methyl sites for hydroxylation is 2. The zero-order valence-electron chi connectivity index (χ0n) is 21.0. The molecule has 2 aromatic carbocycles. The van der Waals surface area contributed by atoms with Gasteiger partial charge in [-0.3, -0.25) is 9.36 Å². The molecule has 10 heteroatoms. The Kier molecular flexibility index (Phi) is 8.50. The summed E-state index contributed by atoms with van der Waals surface area (Å²) in [5.74, 6) is 0.735. The van der Waals surface area contributed by atoms with Crippen LogP contribution in [0.3, 0.4) is 0 Å². The zero-order chi connectivity index (χ0) is 26.5. The van der Waals surface area contributed by atoms with Crippen LogP contribution in [0.5, 0.6) is 11.5 Å². The van der Waals surface area contributed by atoms with Crippen LogP contribution in [0.15, 0.2) is 52.4 Å². The molecule has 0 radical (unpaired) electrons.